The molecule has 0 aliphatic heterocycles. The van der Waals surface area contributed by atoms with Gasteiger partial charge < -0.3 is 5.32 Å². The lowest BCUT2D eigenvalue weighted by Crippen LogP contribution is -2.25. The Balaban J connectivity index is 1.90. The minimum absolute atomic E-state index is 0.225. The van der Waals surface area contributed by atoms with Gasteiger partial charge in [0.25, 0.3) is 5.91 Å². The molecule has 0 aliphatic rings. The smallest absolute Gasteiger partial charge is 0.251 e. The van der Waals surface area contributed by atoms with Gasteiger partial charge in [-0.1, -0.05) is 18.2 Å². The lowest BCUT2D eigenvalue weighted by molar-refractivity contribution is 0.0954. The summed E-state index contributed by atoms with van der Waals surface area (Å²) in [5.74, 6) is -1.17. The van der Waals surface area contributed by atoms with E-state index in [2.05, 4.69) is 5.32 Å². The highest BCUT2D eigenvalue weighted by atomic mass is 19.1. The molecule has 19 heavy (non-hydrogen) atoms. The number of nitrogens with one attached hydrogen (secondary N) is 1. The van der Waals surface area contributed by atoms with E-state index in [1.165, 1.54) is 0 Å². The first kappa shape index (κ1) is 13.2. The summed E-state index contributed by atoms with van der Waals surface area (Å²) in [6.45, 7) is 0.258. The average molecular weight is 261 g/mol. The van der Waals surface area contributed by atoms with Crippen LogP contribution in [0.5, 0.6) is 0 Å². The first-order valence-corrected chi connectivity index (χ1v) is 5.94. The van der Waals surface area contributed by atoms with Gasteiger partial charge in [0, 0.05) is 12.1 Å². The normalized spacial score (nSPS) is 10.2. The van der Waals surface area contributed by atoms with Crippen molar-refractivity contribution in [3.05, 3.63) is 71.3 Å². The summed E-state index contributed by atoms with van der Waals surface area (Å²) < 4.78 is 26.3. The van der Waals surface area contributed by atoms with E-state index in [4.69, 9.17) is 0 Å². The minimum atomic E-state index is -0.481. The summed E-state index contributed by atoms with van der Waals surface area (Å²) in [4.78, 5) is 11.7. The van der Waals surface area contributed by atoms with Crippen molar-refractivity contribution in [2.24, 2.45) is 0 Å². The van der Waals surface area contributed by atoms with Gasteiger partial charge in [-0.05, 0) is 42.3 Å². The Morgan fingerprint density at radius 1 is 1.05 bits per heavy atom. The number of hydrogen-bond donors (Lipinski definition) is 1. The van der Waals surface area contributed by atoms with Gasteiger partial charge >= 0.3 is 0 Å². The molecule has 1 amide bonds. The van der Waals surface area contributed by atoms with E-state index in [-0.39, 0.29) is 24.4 Å². The molecule has 2 nitrogen and oxygen atoms in total. The molecule has 0 aliphatic carbocycles. The monoisotopic (exact) mass is 261 g/mol. The van der Waals surface area contributed by atoms with Gasteiger partial charge in [0.1, 0.15) is 11.6 Å². The number of hydrogen-bond acceptors (Lipinski definition) is 1. The van der Waals surface area contributed by atoms with E-state index in [9.17, 15) is 13.6 Å². The first-order chi connectivity index (χ1) is 9.16. The summed E-state index contributed by atoms with van der Waals surface area (Å²) in [5.41, 5.74) is 0.801. The second kappa shape index (κ2) is 6.09. The molecular formula is C15H13F2NO. The van der Waals surface area contributed by atoms with Crippen LogP contribution in [0.3, 0.4) is 0 Å². The zero-order valence-corrected chi connectivity index (χ0v) is 10.2. The van der Waals surface area contributed by atoms with Crippen LogP contribution in [0.2, 0.25) is 0 Å². The Morgan fingerprint density at radius 2 is 1.79 bits per heavy atom. The van der Waals surface area contributed by atoms with E-state index in [1.54, 1.807) is 24.3 Å². The van der Waals surface area contributed by atoms with Gasteiger partial charge in [-0.25, -0.2) is 8.78 Å². The number of amides is 1. The molecule has 0 radical (unpaired) electrons. The lowest BCUT2D eigenvalue weighted by Gasteiger charge is -2.06. The highest BCUT2D eigenvalue weighted by Gasteiger charge is 2.06. The first-order valence-electron chi connectivity index (χ1n) is 5.94. The Labute approximate surface area is 110 Å². The number of rotatable bonds is 4. The molecule has 0 fully saturated rings. The zero-order valence-electron chi connectivity index (χ0n) is 10.2. The fourth-order valence-corrected chi connectivity index (χ4v) is 1.74. The fraction of sp³-hybridized carbons (Fsp3) is 0.133. The van der Waals surface area contributed by atoms with E-state index in [1.807, 2.05) is 6.07 Å². The van der Waals surface area contributed by atoms with Gasteiger partial charge in [0.15, 0.2) is 0 Å². The molecule has 2 aromatic carbocycles. The standard InChI is InChI=1S/C15H13F2NO/c16-13-6-7-14(17)12(10-13)8-9-18-15(19)11-4-2-1-3-5-11/h1-7,10H,8-9H2,(H,18,19). The number of carbonyl (C=O) groups excluding carboxylic acids is 1. The average Bonchev–Trinajstić information content (AvgIpc) is 2.43. The highest BCUT2D eigenvalue weighted by molar-refractivity contribution is 5.94. The highest BCUT2D eigenvalue weighted by Crippen LogP contribution is 2.09. The largest absolute Gasteiger partial charge is 0.352 e. The van der Waals surface area contributed by atoms with Crippen molar-refractivity contribution in [1.82, 2.24) is 5.32 Å². The molecule has 0 atom stereocenters. The molecular weight excluding hydrogens is 248 g/mol. The Kier molecular flexibility index (Phi) is 4.23. The van der Waals surface area contributed by atoms with Crippen LogP contribution in [-0.2, 0) is 6.42 Å². The van der Waals surface area contributed by atoms with Crippen molar-refractivity contribution < 1.29 is 13.6 Å². The van der Waals surface area contributed by atoms with E-state index in [0.717, 1.165) is 18.2 Å². The summed E-state index contributed by atoms with van der Waals surface area (Å²) in [6, 6.07) is 12.0. The summed E-state index contributed by atoms with van der Waals surface area (Å²) in [5, 5.41) is 2.67. The van der Waals surface area contributed by atoms with Crippen LogP contribution in [0, 0.1) is 11.6 Å². The van der Waals surface area contributed by atoms with Gasteiger partial charge in [-0.3, -0.25) is 4.79 Å². The molecule has 2 aromatic rings. The third kappa shape index (κ3) is 3.61. The van der Waals surface area contributed by atoms with Crippen LogP contribution < -0.4 is 5.32 Å². The molecule has 0 saturated heterocycles. The summed E-state index contributed by atoms with van der Waals surface area (Å²) >= 11 is 0. The number of halogens is 2. The third-order valence-corrected chi connectivity index (χ3v) is 2.72. The topological polar surface area (TPSA) is 29.1 Å². The summed E-state index contributed by atoms with van der Waals surface area (Å²) in [6.07, 6.45) is 0.252. The van der Waals surface area contributed by atoms with Gasteiger partial charge in [0.2, 0.25) is 0 Å². The van der Waals surface area contributed by atoms with E-state index in [0.29, 0.717) is 5.56 Å². The Hall–Kier alpha value is -2.23. The second-order valence-corrected chi connectivity index (χ2v) is 4.11. The molecule has 2 rings (SSSR count). The molecule has 98 valence electrons. The van der Waals surface area contributed by atoms with Crippen LogP contribution >= 0.6 is 0 Å². The van der Waals surface area contributed by atoms with Gasteiger partial charge in [0.05, 0.1) is 0 Å². The fourth-order valence-electron chi connectivity index (χ4n) is 1.74. The predicted molar refractivity (Wildman–Crippen MR) is 68.8 cm³/mol. The van der Waals surface area contributed by atoms with E-state index < -0.39 is 11.6 Å². The maximum Gasteiger partial charge on any atom is 0.251 e. The van der Waals surface area contributed by atoms with Gasteiger partial charge in [-0.15, -0.1) is 0 Å². The molecule has 0 unspecified atom stereocenters. The molecule has 0 aromatic heterocycles. The molecule has 0 heterocycles. The Bertz CT molecular complexity index is 570. The lowest BCUT2D eigenvalue weighted by atomic mass is 10.1. The molecule has 0 spiro atoms. The molecule has 0 saturated carbocycles. The van der Waals surface area contributed by atoms with Crippen LogP contribution in [0.4, 0.5) is 8.78 Å². The number of benzene rings is 2. The quantitative estimate of drug-likeness (QED) is 0.900. The Morgan fingerprint density at radius 3 is 2.53 bits per heavy atom. The van der Waals surface area contributed by atoms with Crippen LogP contribution in [0.1, 0.15) is 15.9 Å². The van der Waals surface area contributed by atoms with Crippen molar-refractivity contribution in [2.75, 3.05) is 6.54 Å². The maximum atomic E-state index is 13.3. The van der Waals surface area contributed by atoms with Crippen LogP contribution in [0.25, 0.3) is 0 Å². The second-order valence-electron chi connectivity index (χ2n) is 4.11. The van der Waals surface area contributed by atoms with Crippen LogP contribution in [-0.4, -0.2) is 12.5 Å². The minimum Gasteiger partial charge on any atom is -0.352 e. The van der Waals surface area contributed by atoms with E-state index >= 15 is 0 Å². The van der Waals surface area contributed by atoms with Crippen molar-refractivity contribution in [2.45, 2.75) is 6.42 Å². The molecule has 4 heteroatoms. The number of carbonyl (C=O) groups is 1. The molecule has 0 bridgehead atoms. The van der Waals surface area contributed by atoms with Crippen LogP contribution in [0.15, 0.2) is 48.5 Å². The van der Waals surface area contributed by atoms with Crippen molar-refractivity contribution >= 4 is 5.91 Å². The third-order valence-electron chi connectivity index (χ3n) is 2.72. The SMILES string of the molecule is O=C(NCCc1cc(F)ccc1F)c1ccccc1. The maximum absolute atomic E-state index is 13.3. The van der Waals surface area contributed by atoms with Crippen molar-refractivity contribution in [3.63, 3.8) is 0 Å². The van der Waals surface area contributed by atoms with Gasteiger partial charge in [-0.2, -0.15) is 0 Å². The van der Waals surface area contributed by atoms with Crippen molar-refractivity contribution in [3.8, 4) is 0 Å². The predicted octanol–water partition coefficient (Wildman–Crippen LogP) is 2.94. The van der Waals surface area contributed by atoms with Crippen molar-refractivity contribution in [1.29, 1.82) is 0 Å². The summed E-state index contributed by atoms with van der Waals surface area (Å²) in [7, 11) is 0. The molecule has 1 N–H and O–H groups in total. The zero-order chi connectivity index (χ0) is 13.7.